The Morgan fingerprint density at radius 1 is 1.29 bits per heavy atom. The molecule has 0 fully saturated rings. The van der Waals surface area contributed by atoms with Crippen LogP contribution in [0.5, 0.6) is 0 Å². The van der Waals surface area contributed by atoms with Gasteiger partial charge in [0.1, 0.15) is 5.69 Å². The summed E-state index contributed by atoms with van der Waals surface area (Å²) in [4.78, 5) is 20.5. The van der Waals surface area contributed by atoms with E-state index in [4.69, 9.17) is 5.73 Å². The molecule has 0 radical (unpaired) electrons. The number of nitrogen functional groups attached to an aromatic ring is 1. The van der Waals surface area contributed by atoms with Crippen LogP contribution < -0.4 is 16.0 Å². The van der Waals surface area contributed by atoms with Crippen LogP contribution in [0.25, 0.3) is 0 Å². The largest absolute Gasteiger partial charge is 0.393 e. The van der Waals surface area contributed by atoms with Gasteiger partial charge in [0.15, 0.2) is 5.82 Å². The van der Waals surface area contributed by atoms with Gasteiger partial charge < -0.3 is 5.73 Å². The highest BCUT2D eigenvalue weighted by Gasteiger charge is 2.19. The number of aromatic amines is 1. The molecule has 0 saturated carbocycles. The number of rotatable bonds is 4. The number of hydrogen-bond acceptors (Lipinski definition) is 7. The summed E-state index contributed by atoms with van der Waals surface area (Å²) in [6.45, 7) is 0. The van der Waals surface area contributed by atoms with Crippen molar-refractivity contribution >= 4 is 27.2 Å². The third-order valence-corrected chi connectivity index (χ3v) is 3.78. The van der Waals surface area contributed by atoms with E-state index in [0.717, 1.165) is 24.3 Å². The first-order valence-corrected chi connectivity index (χ1v) is 6.90. The van der Waals surface area contributed by atoms with Crippen molar-refractivity contribution in [1.82, 2.24) is 10.2 Å². The molecule has 1 aromatic heterocycles. The number of anilines is 2. The van der Waals surface area contributed by atoms with E-state index in [-0.39, 0.29) is 16.4 Å². The van der Waals surface area contributed by atoms with E-state index in [9.17, 15) is 23.3 Å². The van der Waals surface area contributed by atoms with Gasteiger partial charge in [-0.1, -0.05) is 0 Å². The van der Waals surface area contributed by atoms with E-state index < -0.39 is 26.2 Å². The average molecular weight is 311 g/mol. The number of hydrogen-bond donors (Lipinski definition) is 3. The number of benzene rings is 1. The molecule has 0 aliphatic heterocycles. The highest BCUT2D eigenvalue weighted by atomic mass is 32.2. The third kappa shape index (κ3) is 3.14. The lowest BCUT2D eigenvalue weighted by Crippen LogP contribution is -2.16. The zero-order valence-corrected chi connectivity index (χ0v) is 11.1. The first-order chi connectivity index (χ1) is 9.79. The van der Waals surface area contributed by atoms with Crippen LogP contribution in [0.4, 0.5) is 17.2 Å². The number of sulfonamides is 1. The van der Waals surface area contributed by atoms with Gasteiger partial charge in [0.2, 0.25) is 0 Å². The van der Waals surface area contributed by atoms with E-state index in [2.05, 4.69) is 14.9 Å². The first-order valence-electron chi connectivity index (χ1n) is 5.42. The lowest BCUT2D eigenvalue weighted by atomic mass is 10.3. The Labute approximate surface area is 117 Å². The molecule has 10 nitrogen and oxygen atoms in total. The van der Waals surface area contributed by atoms with E-state index >= 15 is 0 Å². The lowest BCUT2D eigenvalue weighted by molar-refractivity contribution is -0.383. The maximum Gasteiger partial charge on any atom is 0.292 e. The molecule has 4 N–H and O–H groups in total. The average Bonchev–Trinajstić information content (AvgIpc) is 2.40. The summed E-state index contributed by atoms with van der Waals surface area (Å²) < 4.78 is 26.2. The molecule has 0 bridgehead atoms. The summed E-state index contributed by atoms with van der Waals surface area (Å²) >= 11 is 0. The second-order valence-corrected chi connectivity index (χ2v) is 5.57. The first kappa shape index (κ1) is 14.5. The minimum absolute atomic E-state index is 0.105. The van der Waals surface area contributed by atoms with Crippen molar-refractivity contribution in [2.24, 2.45) is 0 Å². The van der Waals surface area contributed by atoms with Gasteiger partial charge in [-0.25, -0.2) is 13.5 Å². The molecular weight excluding hydrogens is 302 g/mol. The number of nitrogens with two attached hydrogens (primary N) is 1. The van der Waals surface area contributed by atoms with Gasteiger partial charge in [-0.3, -0.25) is 19.6 Å². The Bertz CT molecular complexity index is 840. The van der Waals surface area contributed by atoms with Crippen LogP contribution in [0.2, 0.25) is 0 Å². The summed E-state index contributed by atoms with van der Waals surface area (Å²) in [5.41, 5.74) is 4.27. The zero-order valence-electron chi connectivity index (χ0n) is 10.3. The summed E-state index contributed by atoms with van der Waals surface area (Å²) in [6.07, 6.45) is 0. The fourth-order valence-electron chi connectivity index (χ4n) is 1.46. The Morgan fingerprint density at radius 2 is 2.00 bits per heavy atom. The molecule has 0 atom stereocenters. The summed E-state index contributed by atoms with van der Waals surface area (Å²) in [5, 5.41) is 16.2. The van der Waals surface area contributed by atoms with Crippen molar-refractivity contribution in [3.63, 3.8) is 0 Å². The maximum atomic E-state index is 12.1. The zero-order chi connectivity index (χ0) is 15.6. The second kappa shape index (κ2) is 5.20. The van der Waals surface area contributed by atoms with Crippen molar-refractivity contribution in [3.05, 3.63) is 50.8 Å². The van der Waals surface area contributed by atoms with Crippen LogP contribution in [-0.2, 0) is 10.0 Å². The van der Waals surface area contributed by atoms with Crippen molar-refractivity contribution in [2.75, 3.05) is 10.5 Å². The summed E-state index contributed by atoms with van der Waals surface area (Å²) in [5.74, 6) is -0.105. The van der Waals surface area contributed by atoms with Gasteiger partial charge in [0, 0.05) is 12.1 Å². The number of aromatic nitrogens is 2. The molecule has 2 rings (SSSR count). The van der Waals surface area contributed by atoms with Crippen LogP contribution >= 0.6 is 0 Å². The van der Waals surface area contributed by atoms with Gasteiger partial charge in [-0.05, 0) is 18.2 Å². The number of nitro benzene ring substituents is 1. The Kier molecular flexibility index (Phi) is 3.58. The summed E-state index contributed by atoms with van der Waals surface area (Å²) in [7, 11) is -4.03. The minimum atomic E-state index is -4.03. The highest BCUT2D eigenvalue weighted by molar-refractivity contribution is 7.92. The third-order valence-electron chi connectivity index (χ3n) is 2.42. The molecule has 1 aromatic carbocycles. The van der Waals surface area contributed by atoms with Crippen LogP contribution in [0.15, 0.2) is 40.0 Å². The van der Waals surface area contributed by atoms with Crippen LogP contribution in [0.3, 0.4) is 0 Å². The highest BCUT2D eigenvalue weighted by Crippen LogP contribution is 2.25. The number of nitrogens with one attached hydrogen (secondary N) is 2. The fraction of sp³-hybridized carbons (Fsp3) is 0. The number of nitro groups is 1. The molecule has 0 aliphatic rings. The molecular formula is C10H9N5O5S. The van der Waals surface area contributed by atoms with Crippen LogP contribution in [-0.4, -0.2) is 23.5 Å². The summed E-state index contributed by atoms with van der Waals surface area (Å²) in [6, 6.07) is 5.26. The Hall–Kier alpha value is -2.95. The van der Waals surface area contributed by atoms with Crippen molar-refractivity contribution in [3.8, 4) is 0 Å². The lowest BCUT2D eigenvalue weighted by Gasteiger charge is -2.07. The van der Waals surface area contributed by atoms with Gasteiger partial charge in [-0.15, -0.1) is 0 Å². The quantitative estimate of drug-likeness (QED) is 0.408. The second-order valence-electron chi connectivity index (χ2n) is 3.89. The van der Waals surface area contributed by atoms with Gasteiger partial charge in [0.25, 0.3) is 21.3 Å². The molecule has 0 saturated heterocycles. The van der Waals surface area contributed by atoms with Crippen LogP contribution in [0, 0.1) is 10.1 Å². The smallest absolute Gasteiger partial charge is 0.292 e. The van der Waals surface area contributed by atoms with Crippen LogP contribution in [0.1, 0.15) is 0 Å². The molecule has 110 valence electrons. The Morgan fingerprint density at radius 3 is 2.52 bits per heavy atom. The molecule has 1 heterocycles. The number of H-pyrrole nitrogens is 1. The topological polar surface area (TPSA) is 161 Å². The van der Waals surface area contributed by atoms with E-state index in [1.54, 1.807) is 0 Å². The molecule has 11 heteroatoms. The van der Waals surface area contributed by atoms with E-state index in [1.165, 1.54) is 6.07 Å². The Balaban J connectivity index is 2.35. The SMILES string of the molecule is Nc1cc(S(=O)(=O)Nc2ccc(=O)[nH]n2)ccc1[N+](=O)[O-]. The standard InChI is InChI=1S/C10H9N5O5S/c11-7-5-6(1-2-8(7)15(17)18)21(19,20)14-9-3-4-10(16)13-12-9/h1-5H,11H2,(H,12,14)(H,13,16). The van der Waals surface area contributed by atoms with E-state index in [1.807, 2.05) is 0 Å². The predicted molar refractivity (Wildman–Crippen MR) is 73.2 cm³/mol. The fourth-order valence-corrected chi connectivity index (χ4v) is 2.50. The van der Waals surface area contributed by atoms with Gasteiger partial charge in [-0.2, -0.15) is 5.10 Å². The molecule has 21 heavy (non-hydrogen) atoms. The van der Waals surface area contributed by atoms with Crippen molar-refractivity contribution in [2.45, 2.75) is 4.90 Å². The van der Waals surface area contributed by atoms with Gasteiger partial charge in [0.05, 0.1) is 9.82 Å². The van der Waals surface area contributed by atoms with Crippen molar-refractivity contribution in [1.29, 1.82) is 0 Å². The molecule has 0 spiro atoms. The molecule has 0 aliphatic carbocycles. The minimum Gasteiger partial charge on any atom is -0.393 e. The predicted octanol–water partition coefficient (Wildman–Crippen LogP) is 0.0611. The molecule has 0 unspecified atom stereocenters. The normalized spacial score (nSPS) is 11.0. The molecule has 2 aromatic rings. The van der Waals surface area contributed by atoms with E-state index in [0.29, 0.717) is 0 Å². The monoisotopic (exact) mass is 311 g/mol. The number of nitrogens with zero attached hydrogens (tertiary/aromatic N) is 2. The van der Waals surface area contributed by atoms with Crippen molar-refractivity contribution < 1.29 is 13.3 Å². The van der Waals surface area contributed by atoms with Gasteiger partial charge >= 0.3 is 0 Å². The maximum absolute atomic E-state index is 12.1. The molecule has 0 amide bonds.